The maximum Gasteiger partial charge on any atom is 0.314 e. The Balaban J connectivity index is 2.00. The molecule has 0 aromatic carbocycles. The van der Waals surface area contributed by atoms with E-state index in [1.54, 1.807) is 0 Å². The molecule has 1 rings (SSSR count). The van der Waals surface area contributed by atoms with E-state index in [-0.39, 0.29) is 6.03 Å². The highest BCUT2D eigenvalue weighted by molar-refractivity contribution is 5.73. The average Bonchev–Trinajstić information content (AvgIpc) is 2.64. The van der Waals surface area contributed by atoms with E-state index < -0.39 is 0 Å². The van der Waals surface area contributed by atoms with Crippen LogP contribution in [-0.2, 0) is 0 Å². The van der Waals surface area contributed by atoms with Crippen LogP contribution in [0.15, 0.2) is 0 Å². The van der Waals surface area contributed by atoms with Crippen LogP contribution in [0.5, 0.6) is 0 Å². The van der Waals surface area contributed by atoms with E-state index in [4.69, 9.17) is 0 Å². The van der Waals surface area contributed by atoms with E-state index in [1.807, 2.05) is 6.92 Å². The van der Waals surface area contributed by atoms with Crippen LogP contribution in [0.3, 0.4) is 0 Å². The van der Waals surface area contributed by atoms with Crippen molar-refractivity contribution in [3.63, 3.8) is 0 Å². The second-order valence-corrected chi connectivity index (χ2v) is 3.43. The fraction of sp³-hybridized carbons (Fsp3) is 0.889. The van der Waals surface area contributed by atoms with Gasteiger partial charge in [-0.1, -0.05) is 6.92 Å². The zero-order chi connectivity index (χ0) is 9.52. The lowest BCUT2D eigenvalue weighted by atomic mass is 10.2. The van der Waals surface area contributed by atoms with E-state index in [2.05, 4.69) is 16.0 Å². The van der Waals surface area contributed by atoms with Crippen molar-refractivity contribution >= 4 is 6.03 Å². The molecule has 3 N–H and O–H groups in total. The summed E-state index contributed by atoms with van der Waals surface area (Å²) in [5, 5.41) is 8.95. The zero-order valence-corrected chi connectivity index (χ0v) is 8.23. The third-order valence-electron chi connectivity index (χ3n) is 2.21. The van der Waals surface area contributed by atoms with Gasteiger partial charge in [-0.15, -0.1) is 0 Å². The fourth-order valence-corrected chi connectivity index (χ4v) is 1.45. The summed E-state index contributed by atoms with van der Waals surface area (Å²) in [5.74, 6) is 0. The summed E-state index contributed by atoms with van der Waals surface area (Å²) >= 11 is 0. The maximum absolute atomic E-state index is 11.1. The van der Waals surface area contributed by atoms with Crippen LogP contribution in [-0.4, -0.2) is 31.7 Å². The van der Waals surface area contributed by atoms with Gasteiger partial charge in [-0.25, -0.2) is 4.79 Å². The molecule has 76 valence electrons. The summed E-state index contributed by atoms with van der Waals surface area (Å²) in [7, 11) is 0. The number of hydrogen-bond donors (Lipinski definition) is 3. The molecule has 0 spiro atoms. The van der Waals surface area contributed by atoms with Crippen molar-refractivity contribution in [3.8, 4) is 0 Å². The van der Waals surface area contributed by atoms with Gasteiger partial charge >= 0.3 is 6.03 Å². The van der Waals surface area contributed by atoms with Crippen LogP contribution in [0.2, 0.25) is 0 Å². The molecule has 4 heteroatoms. The number of carbonyl (C=O) groups is 1. The fourth-order valence-electron chi connectivity index (χ4n) is 1.45. The SMILES string of the molecule is CCCNC(=O)NCC1CCCN1. The lowest BCUT2D eigenvalue weighted by Gasteiger charge is -2.11. The minimum atomic E-state index is -0.0458. The Morgan fingerprint density at radius 1 is 1.54 bits per heavy atom. The molecule has 2 amide bonds. The maximum atomic E-state index is 11.1. The highest BCUT2D eigenvalue weighted by atomic mass is 16.2. The first-order valence-corrected chi connectivity index (χ1v) is 5.08. The van der Waals surface area contributed by atoms with Gasteiger partial charge in [0.2, 0.25) is 0 Å². The van der Waals surface area contributed by atoms with Crippen LogP contribution in [0.1, 0.15) is 26.2 Å². The first-order valence-electron chi connectivity index (χ1n) is 5.08. The number of hydrogen-bond acceptors (Lipinski definition) is 2. The number of amides is 2. The summed E-state index contributed by atoms with van der Waals surface area (Å²) in [5.41, 5.74) is 0. The quantitative estimate of drug-likeness (QED) is 0.595. The highest BCUT2D eigenvalue weighted by Crippen LogP contribution is 2.02. The first-order chi connectivity index (χ1) is 6.33. The topological polar surface area (TPSA) is 53.2 Å². The molecule has 1 aliphatic rings. The van der Waals surface area contributed by atoms with Gasteiger partial charge < -0.3 is 16.0 Å². The Kier molecular flexibility index (Phi) is 4.60. The summed E-state index contributed by atoms with van der Waals surface area (Å²) < 4.78 is 0. The lowest BCUT2D eigenvalue weighted by Crippen LogP contribution is -2.42. The molecule has 13 heavy (non-hydrogen) atoms. The van der Waals surface area contributed by atoms with Crippen molar-refractivity contribution < 1.29 is 4.79 Å². The second kappa shape index (κ2) is 5.80. The lowest BCUT2D eigenvalue weighted by molar-refractivity contribution is 0.240. The molecule has 1 unspecified atom stereocenters. The first kappa shape index (κ1) is 10.3. The van der Waals surface area contributed by atoms with Crippen molar-refractivity contribution in [1.29, 1.82) is 0 Å². The smallest absolute Gasteiger partial charge is 0.314 e. The van der Waals surface area contributed by atoms with Crippen LogP contribution >= 0.6 is 0 Å². The molecule has 0 aromatic rings. The van der Waals surface area contributed by atoms with Crippen LogP contribution < -0.4 is 16.0 Å². The van der Waals surface area contributed by atoms with E-state index in [0.29, 0.717) is 6.04 Å². The molecule has 1 atom stereocenters. The Morgan fingerprint density at radius 2 is 2.38 bits per heavy atom. The predicted octanol–water partition coefficient (Wildman–Crippen LogP) is 0.448. The minimum absolute atomic E-state index is 0.0458. The zero-order valence-electron chi connectivity index (χ0n) is 8.23. The van der Waals surface area contributed by atoms with E-state index in [9.17, 15) is 4.79 Å². The standard InChI is InChI=1S/C9H19N3O/c1-2-5-11-9(13)12-7-8-4-3-6-10-8/h8,10H,2-7H2,1H3,(H2,11,12,13). The summed E-state index contributed by atoms with van der Waals surface area (Å²) in [6.45, 7) is 4.63. The third-order valence-corrected chi connectivity index (χ3v) is 2.21. The van der Waals surface area contributed by atoms with Gasteiger partial charge in [-0.2, -0.15) is 0 Å². The number of rotatable bonds is 4. The number of nitrogens with one attached hydrogen (secondary N) is 3. The molecule has 0 bridgehead atoms. The van der Waals surface area contributed by atoms with E-state index in [0.717, 1.165) is 26.1 Å². The summed E-state index contributed by atoms with van der Waals surface area (Å²) in [6.07, 6.45) is 3.38. The van der Waals surface area contributed by atoms with Gasteiger partial charge in [-0.3, -0.25) is 0 Å². The Bertz CT molecular complexity index is 155. The number of urea groups is 1. The molecule has 0 radical (unpaired) electrons. The van der Waals surface area contributed by atoms with Crippen LogP contribution in [0.25, 0.3) is 0 Å². The summed E-state index contributed by atoms with van der Waals surface area (Å²) in [4.78, 5) is 11.1. The van der Waals surface area contributed by atoms with Crippen LogP contribution in [0, 0.1) is 0 Å². The predicted molar refractivity (Wildman–Crippen MR) is 52.7 cm³/mol. The van der Waals surface area contributed by atoms with Gasteiger partial charge in [0.25, 0.3) is 0 Å². The Morgan fingerprint density at radius 3 is 3.00 bits per heavy atom. The van der Waals surface area contributed by atoms with Crippen LogP contribution in [0.4, 0.5) is 4.79 Å². The third kappa shape index (κ3) is 4.12. The monoisotopic (exact) mass is 185 g/mol. The number of carbonyl (C=O) groups excluding carboxylic acids is 1. The van der Waals surface area contributed by atoms with Crippen molar-refractivity contribution in [2.24, 2.45) is 0 Å². The Hall–Kier alpha value is -0.770. The molecular weight excluding hydrogens is 166 g/mol. The molecule has 1 heterocycles. The van der Waals surface area contributed by atoms with Crippen molar-refractivity contribution in [2.45, 2.75) is 32.2 Å². The molecule has 0 saturated carbocycles. The van der Waals surface area contributed by atoms with Crippen molar-refractivity contribution in [1.82, 2.24) is 16.0 Å². The van der Waals surface area contributed by atoms with Gasteiger partial charge in [0.1, 0.15) is 0 Å². The van der Waals surface area contributed by atoms with Gasteiger partial charge in [0, 0.05) is 19.1 Å². The van der Waals surface area contributed by atoms with Gasteiger partial charge in [0.15, 0.2) is 0 Å². The normalized spacial score (nSPS) is 21.5. The molecular formula is C9H19N3O. The Labute approximate surface area is 79.5 Å². The molecule has 4 nitrogen and oxygen atoms in total. The van der Waals surface area contributed by atoms with Gasteiger partial charge in [0.05, 0.1) is 0 Å². The molecule has 0 aromatic heterocycles. The largest absolute Gasteiger partial charge is 0.338 e. The van der Waals surface area contributed by atoms with E-state index >= 15 is 0 Å². The average molecular weight is 185 g/mol. The molecule has 1 saturated heterocycles. The highest BCUT2D eigenvalue weighted by Gasteiger charge is 2.13. The van der Waals surface area contributed by atoms with E-state index in [1.165, 1.54) is 12.8 Å². The minimum Gasteiger partial charge on any atom is -0.338 e. The molecule has 1 fully saturated rings. The van der Waals surface area contributed by atoms with Crippen molar-refractivity contribution in [3.05, 3.63) is 0 Å². The second-order valence-electron chi connectivity index (χ2n) is 3.43. The molecule has 0 aliphatic carbocycles. The van der Waals surface area contributed by atoms with Gasteiger partial charge in [-0.05, 0) is 25.8 Å². The summed E-state index contributed by atoms with van der Waals surface area (Å²) in [6, 6.07) is 0.433. The molecule has 1 aliphatic heterocycles. The van der Waals surface area contributed by atoms with Crippen molar-refractivity contribution in [2.75, 3.05) is 19.6 Å².